The normalized spacial score (nSPS) is 13.2. The van der Waals surface area contributed by atoms with Crippen LogP contribution in [-0.4, -0.2) is 36.1 Å². The number of hydrogen-bond donors (Lipinski definition) is 1. The molecule has 0 aliphatic heterocycles. The molecule has 0 fully saturated rings. The summed E-state index contributed by atoms with van der Waals surface area (Å²) < 4.78 is 36.7. The van der Waals surface area contributed by atoms with Gasteiger partial charge in [0.2, 0.25) is 10.0 Å². The van der Waals surface area contributed by atoms with Gasteiger partial charge in [-0.05, 0) is 12.1 Å². The molecule has 0 radical (unpaired) electrons. The van der Waals surface area contributed by atoms with Gasteiger partial charge in [0.1, 0.15) is 5.02 Å². The fourth-order valence-electron chi connectivity index (χ4n) is 1.20. The van der Waals surface area contributed by atoms with Crippen molar-refractivity contribution < 1.29 is 17.6 Å². The van der Waals surface area contributed by atoms with Crippen molar-refractivity contribution in [1.29, 1.82) is 0 Å². The summed E-state index contributed by atoms with van der Waals surface area (Å²) in [5, 5.41) is 10.5. The largest absolute Gasteiger partial charge is 0.289 e. The monoisotopic (exact) mass is 326 g/mol. The van der Waals surface area contributed by atoms with Gasteiger partial charge in [-0.2, -0.15) is 0 Å². The first kappa shape index (κ1) is 16.0. The van der Waals surface area contributed by atoms with Crippen molar-refractivity contribution in [3.8, 4) is 0 Å². The first-order valence-corrected chi connectivity index (χ1v) is 8.56. The quantitative estimate of drug-likeness (QED) is 0.617. The van der Waals surface area contributed by atoms with Crippen molar-refractivity contribution in [2.24, 2.45) is 0 Å². The molecule has 10 heteroatoms. The van der Waals surface area contributed by atoms with E-state index in [1.54, 1.807) is 0 Å². The Morgan fingerprint density at radius 1 is 1.47 bits per heavy atom. The van der Waals surface area contributed by atoms with Crippen LogP contribution in [0.4, 0.5) is 5.69 Å². The van der Waals surface area contributed by atoms with Gasteiger partial charge in [-0.15, -0.1) is 0 Å². The highest BCUT2D eigenvalue weighted by Gasteiger charge is 2.20. The summed E-state index contributed by atoms with van der Waals surface area (Å²) >= 11 is 5.59. The van der Waals surface area contributed by atoms with Gasteiger partial charge in [0.25, 0.3) is 5.69 Å². The molecule has 0 aliphatic rings. The molecular formula is C9H11ClN2O5S2. The second kappa shape index (κ2) is 6.42. The number of nitrogens with one attached hydrogen (secondary N) is 1. The van der Waals surface area contributed by atoms with Gasteiger partial charge in [-0.25, -0.2) is 13.1 Å². The number of rotatable bonds is 6. The minimum Gasteiger partial charge on any atom is -0.260 e. The maximum atomic E-state index is 11.8. The van der Waals surface area contributed by atoms with Crippen LogP contribution in [0.3, 0.4) is 0 Å². The predicted octanol–water partition coefficient (Wildman–Crippen LogP) is 0.905. The third kappa shape index (κ3) is 4.53. The molecule has 1 unspecified atom stereocenters. The van der Waals surface area contributed by atoms with E-state index in [-0.39, 0.29) is 22.2 Å². The van der Waals surface area contributed by atoms with Crippen LogP contribution >= 0.6 is 11.6 Å². The smallest absolute Gasteiger partial charge is 0.260 e. The van der Waals surface area contributed by atoms with Gasteiger partial charge < -0.3 is 0 Å². The Kier molecular flexibility index (Phi) is 5.41. The number of nitro groups is 1. The lowest BCUT2D eigenvalue weighted by atomic mass is 10.3. The van der Waals surface area contributed by atoms with Crippen molar-refractivity contribution >= 4 is 38.1 Å². The fraction of sp³-hybridized carbons (Fsp3) is 0.333. The van der Waals surface area contributed by atoms with E-state index in [1.165, 1.54) is 12.3 Å². The molecule has 0 amide bonds. The third-order valence-corrected chi connectivity index (χ3v) is 4.66. The molecule has 1 atom stereocenters. The SMILES string of the molecule is CS(=O)CCNS(=O)(=O)c1ccc(Cl)c([N+](=O)[O-])c1. The first-order valence-electron chi connectivity index (χ1n) is 4.97. The Bertz CT molecular complexity index is 617. The van der Waals surface area contributed by atoms with Gasteiger partial charge in [0.05, 0.1) is 9.82 Å². The molecule has 0 spiro atoms. The molecule has 1 aromatic rings. The van der Waals surface area contributed by atoms with Crippen LogP contribution in [0.2, 0.25) is 5.02 Å². The molecule has 0 aliphatic carbocycles. The topological polar surface area (TPSA) is 106 Å². The van der Waals surface area contributed by atoms with Crippen molar-refractivity contribution in [3.63, 3.8) is 0 Å². The number of halogens is 1. The zero-order valence-corrected chi connectivity index (χ0v) is 12.2. The van der Waals surface area contributed by atoms with Crippen LogP contribution in [0, 0.1) is 10.1 Å². The molecule has 0 bridgehead atoms. The van der Waals surface area contributed by atoms with Gasteiger partial charge in [0.15, 0.2) is 0 Å². The van der Waals surface area contributed by atoms with Crippen LogP contribution in [0.1, 0.15) is 0 Å². The van der Waals surface area contributed by atoms with E-state index in [9.17, 15) is 22.7 Å². The third-order valence-electron chi connectivity index (χ3n) is 2.11. The van der Waals surface area contributed by atoms with Crippen LogP contribution in [0.15, 0.2) is 23.1 Å². The predicted molar refractivity (Wildman–Crippen MR) is 72.2 cm³/mol. The Morgan fingerprint density at radius 2 is 2.11 bits per heavy atom. The van der Waals surface area contributed by atoms with Crippen molar-refractivity contribution in [3.05, 3.63) is 33.3 Å². The summed E-state index contributed by atoms with van der Waals surface area (Å²) in [6.07, 6.45) is 1.45. The Hall–Kier alpha value is -1.03. The number of nitro benzene ring substituents is 1. The van der Waals surface area contributed by atoms with E-state index >= 15 is 0 Å². The van der Waals surface area contributed by atoms with Crippen molar-refractivity contribution in [2.45, 2.75) is 4.90 Å². The molecule has 1 aromatic carbocycles. The van der Waals surface area contributed by atoms with E-state index in [0.29, 0.717) is 0 Å². The fourth-order valence-corrected chi connectivity index (χ4v) is 2.96. The van der Waals surface area contributed by atoms with E-state index in [1.807, 2.05) is 0 Å². The highest BCUT2D eigenvalue weighted by Crippen LogP contribution is 2.26. The summed E-state index contributed by atoms with van der Waals surface area (Å²) in [7, 11) is -5.00. The molecule has 1 rings (SSSR count). The maximum absolute atomic E-state index is 11.8. The molecule has 0 aromatic heterocycles. The maximum Gasteiger partial charge on any atom is 0.289 e. The molecular weight excluding hydrogens is 316 g/mol. The summed E-state index contributed by atoms with van der Waals surface area (Å²) in [5.41, 5.74) is -0.483. The number of benzene rings is 1. The van der Waals surface area contributed by atoms with E-state index in [2.05, 4.69) is 4.72 Å². The molecule has 0 saturated heterocycles. The molecule has 7 nitrogen and oxygen atoms in total. The lowest BCUT2D eigenvalue weighted by molar-refractivity contribution is -0.384. The molecule has 19 heavy (non-hydrogen) atoms. The first-order chi connectivity index (χ1) is 8.74. The standard InChI is InChI=1S/C9H11ClN2O5S2/c1-18(15)5-4-11-19(16,17)7-2-3-8(10)9(6-7)12(13)14/h2-3,6,11H,4-5H2,1H3. The number of nitrogens with zero attached hydrogens (tertiary/aromatic N) is 1. The summed E-state index contributed by atoms with van der Waals surface area (Å²) in [6.45, 7) is -0.0120. The number of sulfonamides is 1. The van der Waals surface area contributed by atoms with E-state index in [0.717, 1.165) is 12.1 Å². The Morgan fingerprint density at radius 3 is 2.63 bits per heavy atom. The molecule has 0 heterocycles. The second-order valence-corrected chi connectivity index (χ2v) is 7.27. The van der Waals surface area contributed by atoms with Crippen LogP contribution < -0.4 is 4.72 Å². The highest BCUT2D eigenvalue weighted by atomic mass is 35.5. The lowest BCUT2D eigenvalue weighted by Crippen LogP contribution is -2.27. The summed E-state index contributed by atoms with van der Waals surface area (Å²) in [6, 6.07) is 3.19. The van der Waals surface area contributed by atoms with E-state index in [4.69, 9.17) is 11.6 Å². The van der Waals surface area contributed by atoms with Crippen LogP contribution in [0.5, 0.6) is 0 Å². The van der Waals surface area contributed by atoms with Gasteiger partial charge in [0, 0.05) is 35.4 Å². The average molecular weight is 327 g/mol. The zero-order chi connectivity index (χ0) is 14.6. The second-order valence-electron chi connectivity index (χ2n) is 3.55. The minimum absolute atomic E-state index is 0.0120. The Balaban J connectivity index is 2.99. The lowest BCUT2D eigenvalue weighted by Gasteiger charge is -2.06. The highest BCUT2D eigenvalue weighted by molar-refractivity contribution is 7.89. The minimum atomic E-state index is -3.88. The Labute approximate surface area is 117 Å². The van der Waals surface area contributed by atoms with Gasteiger partial charge in [-0.3, -0.25) is 14.3 Å². The zero-order valence-electron chi connectivity index (χ0n) is 9.83. The number of hydrogen-bond acceptors (Lipinski definition) is 5. The molecule has 1 N–H and O–H groups in total. The molecule has 0 saturated carbocycles. The van der Waals surface area contributed by atoms with Crippen LogP contribution in [0.25, 0.3) is 0 Å². The van der Waals surface area contributed by atoms with Gasteiger partial charge >= 0.3 is 0 Å². The van der Waals surface area contributed by atoms with E-state index < -0.39 is 31.4 Å². The van der Waals surface area contributed by atoms with Crippen molar-refractivity contribution in [2.75, 3.05) is 18.6 Å². The average Bonchev–Trinajstić information content (AvgIpc) is 2.27. The summed E-state index contributed by atoms with van der Waals surface area (Å²) in [4.78, 5) is 9.65. The van der Waals surface area contributed by atoms with Crippen LogP contribution in [-0.2, 0) is 20.8 Å². The van der Waals surface area contributed by atoms with Crippen molar-refractivity contribution in [1.82, 2.24) is 4.72 Å². The summed E-state index contributed by atoms with van der Waals surface area (Å²) in [5.74, 6) is 0.162. The molecule has 106 valence electrons. The van der Waals surface area contributed by atoms with Gasteiger partial charge in [-0.1, -0.05) is 11.6 Å².